The summed E-state index contributed by atoms with van der Waals surface area (Å²) in [5, 5.41) is 0. The van der Waals surface area contributed by atoms with Crippen LogP contribution < -0.4 is 0 Å². The zero-order valence-corrected chi connectivity index (χ0v) is 29.0. The van der Waals surface area contributed by atoms with E-state index >= 15 is 0 Å². The number of thiazole rings is 1. The van der Waals surface area contributed by atoms with Crippen LogP contribution in [0.2, 0.25) is 0 Å². The van der Waals surface area contributed by atoms with Crippen LogP contribution in [0.1, 0.15) is 58.4 Å². The van der Waals surface area contributed by atoms with Gasteiger partial charge in [-0.3, -0.25) is 4.40 Å². The van der Waals surface area contributed by atoms with E-state index in [9.17, 15) is 0 Å². The van der Waals surface area contributed by atoms with Crippen molar-refractivity contribution in [1.82, 2.24) is 19.4 Å². The van der Waals surface area contributed by atoms with E-state index < -0.39 is 0 Å². The minimum absolute atomic E-state index is 0.0627. The maximum Gasteiger partial charge on any atom is 0.195 e. The summed E-state index contributed by atoms with van der Waals surface area (Å²) in [6, 6.07) is 33.3. The van der Waals surface area contributed by atoms with Crippen LogP contribution >= 0.6 is 11.3 Å². The Bertz CT molecular complexity index is 2620. The minimum atomic E-state index is -0.0627. The Labute approximate surface area is 284 Å². The molecule has 0 unspecified atom stereocenters. The molecule has 0 amide bonds. The van der Waals surface area contributed by atoms with Crippen molar-refractivity contribution < 1.29 is 0 Å². The number of nitrogens with zero attached hydrogens (tertiary/aromatic N) is 4. The van der Waals surface area contributed by atoms with E-state index in [0.717, 1.165) is 66.4 Å². The average Bonchev–Trinajstić information content (AvgIpc) is 3.62. The lowest BCUT2D eigenvalue weighted by molar-refractivity contribution is 0.611. The molecule has 0 saturated heterocycles. The van der Waals surface area contributed by atoms with Gasteiger partial charge in [-0.25, -0.2) is 15.0 Å². The smallest absolute Gasteiger partial charge is 0.195 e. The highest BCUT2D eigenvalue weighted by Crippen LogP contribution is 2.46. The van der Waals surface area contributed by atoms with Crippen molar-refractivity contribution in [1.29, 1.82) is 0 Å². The summed E-state index contributed by atoms with van der Waals surface area (Å²) in [6.07, 6.45) is 2.93. The van der Waals surface area contributed by atoms with Crippen LogP contribution in [0.25, 0.3) is 60.0 Å². The predicted molar refractivity (Wildman–Crippen MR) is 200 cm³/mol. The number of benzene rings is 5. The van der Waals surface area contributed by atoms with Gasteiger partial charge in [0.05, 0.1) is 26.9 Å². The summed E-state index contributed by atoms with van der Waals surface area (Å²) in [4.78, 5) is 16.2. The first kappa shape index (κ1) is 29.0. The quantitative estimate of drug-likeness (QED) is 0.193. The second-order valence-corrected chi connectivity index (χ2v) is 14.9. The molecule has 0 atom stereocenters. The molecule has 8 aromatic rings. The molecular weight excluding hydrogens is 605 g/mol. The molecule has 0 N–H and O–H groups in total. The van der Waals surface area contributed by atoms with Crippen LogP contribution in [0.3, 0.4) is 0 Å². The average molecular weight is 641 g/mol. The number of hydrogen-bond donors (Lipinski definition) is 0. The van der Waals surface area contributed by atoms with Gasteiger partial charge in [0.25, 0.3) is 0 Å². The lowest BCUT2D eigenvalue weighted by Crippen LogP contribution is -2.27. The standard InChI is InChI=1S/C43H36N4S/c1-24-15-18-29(37-25(2)16-19-33-31(37)21-28-11-7-8-12-32(28)43(33,5)6)22-30(24)39-27(4)23-44-41(46-39)38-26(3)17-20-36-40(38)48-42-45-34-13-9-10-14-35(34)47(36)42/h7-20,22-23H,21H2,1-6H3. The number of rotatable bonds is 3. The molecule has 0 bridgehead atoms. The van der Waals surface area contributed by atoms with E-state index in [4.69, 9.17) is 15.0 Å². The van der Waals surface area contributed by atoms with Crippen molar-refractivity contribution >= 4 is 37.5 Å². The number of para-hydroxylation sites is 2. The molecule has 5 aromatic carbocycles. The Morgan fingerprint density at radius 1 is 0.688 bits per heavy atom. The minimum Gasteiger partial charge on any atom is -0.283 e. The van der Waals surface area contributed by atoms with Crippen LogP contribution in [0.15, 0.2) is 97.2 Å². The third-order valence-corrected chi connectivity index (χ3v) is 11.6. The van der Waals surface area contributed by atoms with Crippen molar-refractivity contribution in [3.05, 3.63) is 142 Å². The third-order valence-electron chi connectivity index (χ3n) is 10.5. The molecule has 5 heteroatoms. The van der Waals surface area contributed by atoms with E-state index in [1.807, 2.05) is 12.3 Å². The molecule has 48 heavy (non-hydrogen) atoms. The summed E-state index contributed by atoms with van der Waals surface area (Å²) >= 11 is 1.71. The highest BCUT2D eigenvalue weighted by atomic mass is 32.1. The fraction of sp³-hybridized carbons (Fsp3) is 0.186. The molecule has 3 heterocycles. The second kappa shape index (κ2) is 10.4. The summed E-state index contributed by atoms with van der Waals surface area (Å²) in [5.41, 5.74) is 19.4. The molecule has 4 nitrogen and oxygen atoms in total. The summed E-state index contributed by atoms with van der Waals surface area (Å²) in [5.74, 6) is 0.754. The van der Waals surface area contributed by atoms with Gasteiger partial charge in [0.15, 0.2) is 10.8 Å². The van der Waals surface area contributed by atoms with Crippen LogP contribution in [0.4, 0.5) is 0 Å². The Morgan fingerprint density at radius 3 is 2.31 bits per heavy atom. The molecule has 3 aromatic heterocycles. The Balaban J connectivity index is 1.21. The lowest BCUT2D eigenvalue weighted by Gasteiger charge is -2.37. The van der Waals surface area contributed by atoms with Crippen molar-refractivity contribution in [2.24, 2.45) is 0 Å². The predicted octanol–water partition coefficient (Wildman–Crippen LogP) is 11.0. The second-order valence-electron chi connectivity index (χ2n) is 13.9. The van der Waals surface area contributed by atoms with Crippen molar-refractivity contribution in [3.8, 4) is 33.8 Å². The van der Waals surface area contributed by atoms with Crippen LogP contribution in [-0.4, -0.2) is 19.4 Å². The molecule has 0 spiro atoms. The van der Waals surface area contributed by atoms with Gasteiger partial charge in [-0.2, -0.15) is 0 Å². The monoisotopic (exact) mass is 640 g/mol. The molecule has 0 radical (unpaired) electrons. The molecule has 0 fully saturated rings. The van der Waals surface area contributed by atoms with E-state index in [-0.39, 0.29) is 5.41 Å². The third kappa shape index (κ3) is 4.17. The normalized spacial score (nSPS) is 13.7. The van der Waals surface area contributed by atoms with E-state index in [0.29, 0.717) is 0 Å². The van der Waals surface area contributed by atoms with Crippen LogP contribution in [-0.2, 0) is 11.8 Å². The largest absolute Gasteiger partial charge is 0.283 e. The van der Waals surface area contributed by atoms with Gasteiger partial charge in [0.1, 0.15) is 0 Å². The topological polar surface area (TPSA) is 43.1 Å². The first-order valence-corrected chi connectivity index (χ1v) is 17.5. The zero-order chi connectivity index (χ0) is 32.9. The highest BCUT2D eigenvalue weighted by molar-refractivity contribution is 7.24. The Morgan fingerprint density at radius 2 is 1.44 bits per heavy atom. The molecule has 1 aliphatic rings. The maximum absolute atomic E-state index is 5.36. The first-order chi connectivity index (χ1) is 23.2. The van der Waals surface area contributed by atoms with Crippen molar-refractivity contribution in [2.45, 2.75) is 53.4 Å². The highest BCUT2D eigenvalue weighted by Gasteiger charge is 2.34. The SMILES string of the molecule is Cc1ccc(-c2c(C)ccc3c2Cc2ccccc2C3(C)C)cc1-c1nc(-c2c(C)ccc3c2sc2nc4ccccc4n23)ncc1C. The fourth-order valence-electron chi connectivity index (χ4n) is 8.05. The Hall–Kier alpha value is -5.13. The molecule has 1 aliphatic carbocycles. The van der Waals surface area contributed by atoms with Gasteiger partial charge in [-0.1, -0.05) is 91.9 Å². The van der Waals surface area contributed by atoms with Crippen LogP contribution in [0, 0.1) is 27.7 Å². The van der Waals surface area contributed by atoms with E-state index in [1.165, 1.54) is 44.5 Å². The molecular formula is C43H36N4S. The first-order valence-electron chi connectivity index (χ1n) is 16.7. The van der Waals surface area contributed by atoms with Crippen LogP contribution in [0.5, 0.6) is 0 Å². The summed E-state index contributed by atoms with van der Waals surface area (Å²) < 4.78 is 3.43. The summed E-state index contributed by atoms with van der Waals surface area (Å²) in [7, 11) is 0. The molecule has 0 aliphatic heterocycles. The number of hydrogen-bond acceptors (Lipinski definition) is 4. The van der Waals surface area contributed by atoms with Crippen molar-refractivity contribution in [3.63, 3.8) is 0 Å². The molecule has 0 saturated carbocycles. The maximum atomic E-state index is 5.36. The van der Waals surface area contributed by atoms with Gasteiger partial charge in [-0.15, -0.1) is 0 Å². The van der Waals surface area contributed by atoms with Gasteiger partial charge < -0.3 is 0 Å². The van der Waals surface area contributed by atoms with E-state index in [1.54, 1.807) is 11.3 Å². The molecule has 234 valence electrons. The van der Waals surface area contributed by atoms with Crippen molar-refractivity contribution in [2.75, 3.05) is 0 Å². The number of imidazole rings is 1. The Kier molecular flexibility index (Phi) is 6.31. The number of fused-ring (bicyclic) bond motifs is 7. The zero-order valence-electron chi connectivity index (χ0n) is 28.1. The fourth-order valence-corrected chi connectivity index (χ4v) is 9.28. The van der Waals surface area contributed by atoms with Gasteiger partial charge in [0, 0.05) is 22.7 Å². The number of aryl methyl sites for hydroxylation is 4. The van der Waals surface area contributed by atoms with E-state index in [2.05, 4.69) is 131 Å². The lowest BCUT2D eigenvalue weighted by atomic mass is 9.67. The van der Waals surface area contributed by atoms with Gasteiger partial charge in [-0.05, 0) is 114 Å². The number of aromatic nitrogens is 4. The van der Waals surface area contributed by atoms with Gasteiger partial charge in [0.2, 0.25) is 0 Å². The molecule has 9 rings (SSSR count). The summed E-state index contributed by atoms with van der Waals surface area (Å²) in [6.45, 7) is 13.5. The van der Waals surface area contributed by atoms with Gasteiger partial charge >= 0.3 is 0 Å².